The number of morpholine rings is 1. The van der Waals surface area contributed by atoms with Crippen molar-refractivity contribution in [2.24, 2.45) is 0 Å². The van der Waals surface area contributed by atoms with E-state index in [0.29, 0.717) is 6.04 Å². The van der Waals surface area contributed by atoms with Crippen molar-refractivity contribution in [3.63, 3.8) is 0 Å². The second-order valence-corrected chi connectivity index (χ2v) is 4.31. The zero-order valence-corrected chi connectivity index (χ0v) is 8.66. The lowest BCUT2D eigenvalue weighted by molar-refractivity contribution is -0.102. The van der Waals surface area contributed by atoms with E-state index in [2.05, 4.69) is 16.4 Å². The number of hydrogen-bond donors (Lipinski definition) is 2. The smallest absolute Gasteiger partial charge is 0.0745 e. The highest BCUT2D eigenvalue weighted by Gasteiger charge is 2.48. The molecule has 1 aromatic rings. The van der Waals surface area contributed by atoms with Gasteiger partial charge in [0.05, 0.1) is 31.8 Å². The Morgan fingerprint density at radius 2 is 2.27 bits per heavy atom. The van der Waals surface area contributed by atoms with E-state index < -0.39 is 0 Å². The van der Waals surface area contributed by atoms with Crippen LogP contribution in [0.3, 0.4) is 0 Å². The van der Waals surface area contributed by atoms with Crippen molar-refractivity contribution in [2.75, 3.05) is 33.0 Å². The molecule has 0 aromatic carbocycles. The van der Waals surface area contributed by atoms with Crippen molar-refractivity contribution < 1.29 is 9.47 Å². The Morgan fingerprint density at radius 1 is 1.33 bits per heavy atom. The highest BCUT2D eigenvalue weighted by Crippen LogP contribution is 2.35. The largest absolute Gasteiger partial charge is 0.379 e. The number of H-pyrrole nitrogens is 1. The second kappa shape index (κ2) is 3.63. The number of ether oxygens (including phenoxy) is 2. The molecule has 15 heavy (non-hydrogen) atoms. The maximum Gasteiger partial charge on any atom is 0.0745 e. The van der Waals surface area contributed by atoms with Gasteiger partial charge in [-0.2, -0.15) is 0 Å². The van der Waals surface area contributed by atoms with Gasteiger partial charge in [-0.3, -0.25) is 0 Å². The summed E-state index contributed by atoms with van der Waals surface area (Å²) in [5.74, 6) is 0. The summed E-state index contributed by atoms with van der Waals surface area (Å²) in [6.07, 6.45) is 1.97. The number of rotatable bonds is 2. The van der Waals surface area contributed by atoms with Crippen LogP contribution in [0.5, 0.6) is 0 Å². The Hall–Kier alpha value is -0.840. The van der Waals surface area contributed by atoms with Crippen LogP contribution in [-0.2, 0) is 14.9 Å². The molecule has 2 saturated heterocycles. The standard InChI is InChI=1S/C11H16N2O2/c1-2-9(12-3-1)11(7-15-8-11)10-6-14-5-4-13-10/h1-3,10,12-13H,4-8H2. The molecule has 2 N–H and O–H groups in total. The SMILES string of the molecule is c1c[nH]c(C2(C3COCCN3)COC2)c1. The molecular weight excluding hydrogens is 192 g/mol. The lowest BCUT2D eigenvalue weighted by atomic mass is 9.75. The first-order chi connectivity index (χ1) is 7.42. The van der Waals surface area contributed by atoms with E-state index in [1.165, 1.54) is 5.69 Å². The van der Waals surface area contributed by atoms with Gasteiger partial charge < -0.3 is 19.8 Å². The lowest BCUT2D eigenvalue weighted by Gasteiger charge is -2.48. The highest BCUT2D eigenvalue weighted by molar-refractivity contribution is 5.25. The van der Waals surface area contributed by atoms with Crippen LogP contribution in [0.4, 0.5) is 0 Å². The first kappa shape index (κ1) is 9.39. The monoisotopic (exact) mass is 208 g/mol. The predicted molar refractivity (Wildman–Crippen MR) is 55.9 cm³/mol. The average Bonchev–Trinajstić information content (AvgIpc) is 2.72. The summed E-state index contributed by atoms with van der Waals surface area (Å²) in [6, 6.07) is 4.55. The maximum absolute atomic E-state index is 5.53. The van der Waals surface area contributed by atoms with E-state index in [4.69, 9.17) is 9.47 Å². The Bertz CT molecular complexity index is 313. The van der Waals surface area contributed by atoms with E-state index in [9.17, 15) is 0 Å². The molecule has 1 aromatic heterocycles. The minimum absolute atomic E-state index is 0.101. The zero-order chi connectivity index (χ0) is 10.1. The molecule has 4 nitrogen and oxygen atoms in total. The number of hydrogen-bond acceptors (Lipinski definition) is 3. The second-order valence-electron chi connectivity index (χ2n) is 4.31. The molecule has 82 valence electrons. The molecule has 0 bridgehead atoms. The number of aromatic nitrogens is 1. The van der Waals surface area contributed by atoms with Crippen molar-refractivity contribution >= 4 is 0 Å². The van der Waals surface area contributed by atoms with Crippen LogP contribution in [-0.4, -0.2) is 44.0 Å². The minimum atomic E-state index is 0.101. The molecule has 2 aliphatic heterocycles. The van der Waals surface area contributed by atoms with Crippen LogP contribution in [0.1, 0.15) is 5.69 Å². The van der Waals surface area contributed by atoms with Gasteiger partial charge in [-0.05, 0) is 12.1 Å². The van der Waals surface area contributed by atoms with Crippen LogP contribution in [0.15, 0.2) is 18.3 Å². The molecule has 0 saturated carbocycles. The summed E-state index contributed by atoms with van der Waals surface area (Å²) >= 11 is 0. The molecule has 3 rings (SSSR count). The molecule has 0 amide bonds. The third-order valence-corrected chi connectivity index (χ3v) is 3.44. The fourth-order valence-electron chi connectivity index (χ4n) is 2.43. The van der Waals surface area contributed by atoms with Crippen LogP contribution in [0.2, 0.25) is 0 Å². The van der Waals surface area contributed by atoms with Gasteiger partial charge >= 0.3 is 0 Å². The topological polar surface area (TPSA) is 46.3 Å². The Kier molecular flexibility index (Phi) is 2.27. The normalized spacial score (nSPS) is 29.7. The molecule has 0 spiro atoms. The molecule has 3 heterocycles. The van der Waals surface area contributed by atoms with Crippen LogP contribution < -0.4 is 5.32 Å². The van der Waals surface area contributed by atoms with Gasteiger partial charge in [0.25, 0.3) is 0 Å². The Labute approximate surface area is 89.0 Å². The number of nitrogens with one attached hydrogen (secondary N) is 2. The van der Waals surface area contributed by atoms with E-state index in [1.807, 2.05) is 12.3 Å². The predicted octanol–water partition coefficient (Wildman–Crippen LogP) is 0.271. The van der Waals surface area contributed by atoms with Crippen LogP contribution >= 0.6 is 0 Å². The lowest BCUT2D eigenvalue weighted by Crippen LogP contribution is -2.64. The van der Waals surface area contributed by atoms with Gasteiger partial charge in [-0.15, -0.1) is 0 Å². The fourth-order valence-corrected chi connectivity index (χ4v) is 2.43. The molecule has 1 unspecified atom stereocenters. The summed E-state index contributed by atoms with van der Waals surface area (Å²) in [5.41, 5.74) is 1.36. The van der Waals surface area contributed by atoms with Gasteiger partial charge in [0, 0.05) is 24.5 Å². The third-order valence-electron chi connectivity index (χ3n) is 3.44. The van der Waals surface area contributed by atoms with Gasteiger partial charge in [0.1, 0.15) is 0 Å². The van der Waals surface area contributed by atoms with Crippen molar-refractivity contribution in [2.45, 2.75) is 11.5 Å². The van der Waals surface area contributed by atoms with E-state index in [0.717, 1.165) is 33.0 Å². The first-order valence-corrected chi connectivity index (χ1v) is 5.44. The summed E-state index contributed by atoms with van der Waals surface area (Å²) in [6.45, 7) is 4.11. The quantitative estimate of drug-likeness (QED) is 0.733. The Balaban J connectivity index is 1.85. The highest BCUT2D eigenvalue weighted by atomic mass is 16.5. The molecule has 0 radical (unpaired) electrons. The molecule has 4 heteroatoms. The summed E-state index contributed by atoms with van der Waals surface area (Å²) in [7, 11) is 0. The maximum atomic E-state index is 5.53. The Morgan fingerprint density at radius 3 is 2.80 bits per heavy atom. The van der Waals surface area contributed by atoms with Crippen LogP contribution in [0.25, 0.3) is 0 Å². The minimum Gasteiger partial charge on any atom is -0.379 e. The zero-order valence-electron chi connectivity index (χ0n) is 8.66. The molecule has 0 aliphatic carbocycles. The third kappa shape index (κ3) is 1.40. The van der Waals surface area contributed by atoms with Gasteiger partial charge in [0.2, 0.25) is 0 Å². The first-order valence-electron chi connectivity index (χ1n) is 5.44. The molecule has 1 atom stereocenters. The van der Waals surface area contributed by atoms with Crippen molar-refractivity contribution in [1.29, 1.82) is 0 Å². The molecule has 2 aliphatic rings. The van der Waals surface area contributed by atoms with E-state index in [-0.39, 0.29) is 5.41 Å². The van der Waals surface area contributed by atoms with Gasteiger partial charge in [-0.1, -0.05) is 0 Å². The number of aromatic amines is 1. The fraction of sp³-hybridized carbons (Fsp3) is 0.636. The molecule has 2 fully saturated rings. The van der Waals surface area contributed by atoms with Crippen LogP contribution in [0, 0.1) is 0 Å². The van der Waals surface area contributed by atoms with E-state index >= 15 is 0 Å². The van der Waals surface area contributed by atoms with Crippen molar-refractivity contribution in [1.82, 2.24) is 10.3 Å². The van der Waals surface area contributed by atoms with Gasteiger partial charge in [-0.25, -0.2) is 0 Å². The van der Waals surface area contributed by atoms with E-state index in [1.54, 1.807) is 0 Å². The average molecular weight is 208 g/mol. The summed E-state index contributed by atoms with van der Waals surface area (Å²) < 4.78 is 10.9. The summed E-state index contributed by atoms with van der Waals surface area (Å²) in [5, 5.41) is 3.53. The summed E-state index contributed by atoms with van der Waals surface area (Å²) in [4.78, 5) is 3.30. The van der Waals surface area contributed by atoms with Crippen molar-refractivity contribution in [3.05, 3.63) is 24.0 Å². The molecular formula is C11H16N2O2. The van der Waals surface area contributed by atoms with Crippen molar-refractivity contribution in [3.8, 4) is 0 Å². The van der Waals surface area contributed by atoms with Gasteiger partial charge in [0.15, 0.2) is 0 Å².